The van der Waals surface area contributed by atoms with Crippen molar-refractivity contribution in [2.75, 3.05) is 25.5 Å². The molecule has 0 saturated carbocycles. The Hall–Kier alpha value is -2.59. The first kappa shape index (κ1) is 21.1. The molecule has 2 aromatic carbocycles. The van der Waals surface area contributed by atoms with Crippen LogP contribution in [0.1, 0.15) is 12.8 Å². The molecule has 0 spiro atoms. The number of carbonyl (C=O) groups is 1. The second kappa shape index (κ2) is 8.42. The van der Waals surface area contributed by atoms with Gasteiger partial charge in [0.25, 0.3) is 0 Å². The summed E-state index contributed by atoms with van der Waals surface area (Å²) in [6.07, 6.45) is 0.805. The third-order valence-electron chi connectivity index (χ3n) is 4.75. The number of carbonyl (C=O) groups excluding carboxylic acids is 1. The molecule has 6 nitrogen and oxygen atoms in total. The van der Waals surface area contributed by atoms with Gasteiger partial charge in [-0.2, -0.15) is 4.31 Å². The number of halogens is 3. The standard InChI is InChI=1S/C19H19F3N2O4S/c1-28-13-4-6-14(7-5-13)29(26,27)24-10-2-3-12(11-24)19(25)23-16-9-8-15(20)17(21)18(16)22/h4-9,12H,2-3,10-11H2,1H3,(H,23,25)/t12-/m0/s1. The minimum Gasteiger partial charge on any atom is -0.497 e. The fraction of sp³-hybridized carbons (Fsp3) is 0.316. The van der Waals surface area contributed by atoms with E-state index in [-0.39, 0.29) is 18.0 Å². The highest BCUT2D eigenvalue weighted by Gasteiger charge is 2.33. The van der Waals surface area contributed by atoms with E-state index < -0.39 is 45.0 Å². The predicted octanol–water partition coefficient (Wildman–Crippen LogP) is 3.15. The highest BCUT2D eigenvalue weighted by molar-refractivity contribution is 7.89. The maximum atomic E-state index is 13.8. The Bertz CT molecular complexity index is 1010. The molecule has 1 aliphatic rings. The second-order valence-electron chi connectivity index (χ2n) is 6.59. The molecule has 3 rings (SSSR count). The molecule has 1 saturated heterocycles. The van der Waals surface area contributed by atoms with Crippen LogP contribution in [0.4, 0.5) is 18.9 Å². The summed E-state index contributed by atoms with van der Waals surface area (Å²) in [4.78, 5) is 12.5. The van der Waals surface area contributed by atoms with E-state index in [1.54, 1.807) is 0 Å². The SMILES string of the molecule is COc1ccc(S(=O)(=O)N2CCC[C@H](C(=O)Nc3ccc(F)c(F)c3F)C2)cc1. The monoisotopic (exact) mass is 428 g/mol. The predicted molar refractivity (Wildman–Crippen MR) is 99.4 cm³/mol. The van der Waals surface area contributed by atoms with Crippen molar-refractivity contribution < 1.29 is 31.1 Å². The zero-order valence-corrected chi connectivity index (χ0v) is 16.3. The summed E-state index contributed by atoms with van der Waals surface area (Å²) in [5.41, 5.74) is -0.496. The van der Waals surface area contributed by atoms with Crippen LogP contribution in [0.15, 0.2) is 41.3 Å². The second-order valence-corrected chi connectivity index (χ2v) is 8.53. The van der Waals surface area contributed by atoms with Gasteiger partial charge in [-0.1, -0.05) is 0 Å². The summed E-state index contributed by atoms with van der Waals surface area (Å²) in [6, 6.07) is 7.48. The lowest BCUT2D eigenvalue weighted by atomic mass is 9.98. The summed E-state index contributed by atoms with van der Waals surface area (Å²) in [5.74, 6) is -5.47. The zero-order chi connectivity index (χ0) is 21.2. The maximum absolute atomic E-state index is 13.8. The van der Waals surface area contributed by atoms with Crippen molar-refractivity contribution in [3.8, 4) is 5.75 Å². The van der Waals surface area contributed by atoms with Gasteiger partial charge in [0, 0.05) is 13.1 Å². The Morgan fingerprint density at radius 1 is 1.10 bits per heavy atom. The quantitative estimate of drug-likeness (QED) is 0.743. The van der Waals surface area contributed by atoms with Crippen LogP contribution in [0.25, 0.3) is 0 Å². The number of hydrogen-bond donors (Lipinski definition) is 1. The lowest BCUT2D eigenvalue weighted by molar-refractivity contribution is -0.120. The maximum Gasteiger partial charge on any atom is 0.243 e. The van der Waals surface area contributed by atoms with Gasteiger partial charge in [-0.05, 0) is 49.2 Å². The molecule has 1 fully saturated rings. The third kappa shape index (κ3) is 4.38. The Kier molecular flexibility index (Phi) is 6.13. The van der Waals surface area contributed by atoms with Gasteiger partial charge in [-0.15, -0.1) is 0 Å². The number of ether oxygens (including phenoxy) is 1. The number of methoxy groups -OCH3 is 1. The molecule has 0 aliphatic carbocycles. The molecular formula is C19H19F3N2O4S. The molecule has 1 aliphatic heterocycles. The largest absolute Gasteiger partial charge is 0.497 e. The Morgan fingerprint density at radius 2 is 1.79 bits per heavy atom. The average molecular weight is 428 g/mol. The summed E-state index contributed by atoms with van der Waals surface area (Å²) in [7, 11) is -2.37. The molecule has 1 atom stereocenters. The van der Waals surface area contributed by atoms with E-state index in [1.165, 1.54) is 35.7 Å². The Morgan fingerprint density at radius 3 is 2.45 bits per heavy atom. The molecule has 2 aromatic rings. The molecule has 156 valence electrons. The van der Waals surface area contributed by atoms with Crippen LogP contribution < -0.4 is 10.1 Å². The van der Waals surface area contributed by atoms with Gasteiger partial charge in [0.15, 0.2) is 17.5 Å². The Labute approximate surface area is 166 Å². The molecule has 1 N–H and O–H groups in total. The van der Waals surface area contributed by atoms with Crippen molar-refractivity contribution in [1.29, 1.82) is 0 Å². The van der Waals surface area contributed by atoms with E-state index in [4.69, 9.17) is 4.74 Å². The number of rotatable bonds is 5. The average Bonchev–Trinajstić information content (AvgIpc) is 2.74. The van der Waals surface area contributed by atoms with Crippen molar-refractivity contribution in [3.63, 3.8) is 0 Å². The first-order chi connectivity index (χ1) is 13.7. The van der Waals surface area contributed by atoms with Crippen LogP contribution in [-0.2, 0) is 14.8 Å². The Balaban J connectivity index is 1.74. The van der Waals surface area contributed by atoms with Gasteiger partial charge in [-0.25, -0.2) is 21.6 Å². The molecule has 0 bridgehead atoms. The fourth-order valence-corrected chi connectivity index (χ4v) is 4.65. The summed E-state index contributed by atoms with van der Waals surface area (Å²) in [6.45, 7) is 0.128. The van der Waals surface area contributed by atoms with Gasteiger partial charge in [0.2, 0.25) is 15.9 Å². The zero-order valence-electron chi connectivity index (χ0n) is 15.5. The number of amides is 1. The number of piperidine rings is 1. The molecule has 10 heteroatoms. The van der Waals surface area contributed by atoms with Crippen LogP contribution in [0.2, 0.25) is 0 Å². The van der Waals surface area contributed by atoms with Crippen molar-refractivity contribution in [2.45, 2.75) is 17.7 Å². The highest BCUT2D eigenvalue weighted by atomic mass is 32.2. The number of nitrogens with one attached hydrogen (secondary N) is 1. The first-order valence-electron chi connectivity index (χ1n) is 8.82. The molecule has 29 heavy (non-hydrogen) atoms. The number of nitrogens with zero attached hydrogens (tertiary/aromatic N) is 1. The van der Waals surface area contributed by atoms with Crippen LogP contribution >= 0.6 is 0 Å². The van der Waals surface area contributed by atoms with Crippen LogP contribution in [0, 0.1) is 23.4 Å². The highest BCUT2D eigenvalue weighted by Crippen LogP contribution is 2.27. The molecule has 0 radical (unpaired) electrons. The van der Waals surface area contributed by atoms with Crippen molar-refractivity contribution in [3.05, 3.63) is 53.8 Å². The molecule has 0 unspecified atom stereocenters. The van der Waals surface area contributed by atoms with Crippen molar-refractivity contribution in [1.82, 2.24) is 4.31 Å². The number of anilines is 1. The first-order valence-corrected chi connectivity index (χ1v) is 10.3. The van der Waals surface area contributed by atoms with Gasteiger partial charge < -0.3 is 10.1 Å². The van der Waals surface area contributed by atoms with Crippen molar-refractivity contribution >= 4 is 21.6 Å². The van der Waals surface area contributed by atoms with E-state index >= 15 is 0 Å². The molecule has 1 amide bonds. The topological polar surface area (TPSA) is 75.7 Å². The van der Waals surface area contributed by atoms with Gasteiger partial charge in [-0.3, -0.25) is 4.79 Å². The summed E-state index contributed by atoms with van der Waals surface area (Å²) >= 11 is 0. The summed E-state index contributed by atoms with van der Waals surface area (Å²) < 4.78 is 72.1. The normalized spacial score (nSPS) is 17.7. The number of sulfonamides is 1. The van der Waals surface area contributed by atoms with Crippen LogP contribution in [0.5, 0.6) is 5.75 Å². The lowest BCUT2D eigenvalue weighted by Gasteiger charge is -2.31. The lowest BCUT2D eigenvalue weighted by Crippen LogP contribution is -2.43. The number of benzene rings is 2. The smallest absolute Gasteiger partial charge is 0.243 e. The fourth-order valence-electron chi connectivity index (χ4n) is 3.13. The molecule has 0 aromatic heterocycles. The minimum absolute atomic E-state index is 0.0611. The minimum atomic E-state index is -3.83. The van der Waals surface area contributed by atoms with Gasteiger partial charge in [0.1, 0.15) is 5.75 Å². The van der Waals surface area contributed by atoms with Crippen LogP contribution in [0.3, 0.4) is 0 Å². The van der Waals surface area contributed by atoms with E-state index in [0.29, 0.717) is 24.7 Å². The third-order valence-corrected chi connectivity index (χ3v) is 6.62. The molecular weight excluding hydrogens is 409 g/mol. The van der Waals surface area contributed by atoms with Gasteiger partial charge in [0.05, 0.1) is 23.6 Å². The number of hydrogen-bond acceptors (Lipinski definition) is 4. The van der Waals surface area contributed by atoms with E-state index in [1.807, 2.05) is 0 Å². The summed E-state index contributed by atoms with van der Waals surface area (Å²) in [5, 5.41) is 2.22. The van der Waals surface area contributed by atoms with Gasteiger partial charge >= 0.3 is 0 Å². The van der Waals surface area contributed by atoms with E-state index in [9.17, 15) is 26.4 Å². The van der Waals surface area contributed by atoms with Crippen LogP contribution in [-0.4, -0.2) is 38.8 Å². The van der Waals surface area contributed by atoms with E-state index in [0.717, 1.165) is 6.07 Å². The molecule has 1 heterocycles. The van der Waals surface area contributed by atoms with E-state index in [2.05, 4.69) is 5.32 Å². The van der Waals surface area contributed by atoms with Crippen molar-refractivity contribution in [2.24, 2.45) is 5.92 Å².